The van der Waals surface area contributed by atoms with Crippen LogP contribution in [0, 0.1) is 12.7 Å². The highest BCUT2D eigenvalue weighted by molar-refractivity contribution is 5.29. The molecule has 0 radical (unpaired) electrons. The predicted octanol–water partition coefficient (Wildman–Crippen LogP) is 6.59. The minimum atomic E-state index is -0.425. The lowest BCUT2D eigenvalue weighted by Gasteiger charge is -1.93. The summed E-state index contributed by atoms with van der Waals surface area (Å²) in [7, 11) is 0. The van der Waals surface area contributed by atoms with E-state index >= 15 is 0 Å². The molecule has 1 aromatic carbocycles. The fourth-order valence-corrected chi connectivity index (χ4v) is 1.34. The molecular formula is C18H23F3. The standard InChI is InChI=1S/C8H8F2.C7H7F.C3H8/c1-6-3-2-4-7(9)5-8(6)10;1-6-3-2-4-7(8)5-6;1-3-2/h2-4H,5H2,1H3;2-5H,1H3;3H2,1-2H3. The van der Waals surface area contributed by atoms with Gasteiger partial charge in [-0.3, -0.25) is 0 Å². The van der Waals surface area contributed by atoms with Crippen LogP contribution in [0.2, 0.25) is 0 Å². The molecule has 1 aromatic rings. The molecule has 116 valence electrons. The van der Waals surface area contributed by atoms with Gasteiger partial charge in [-0.05, 0) is 43.2 Å². The maximum atomic E-state index is 12.6. The Labute approximate surface area is 125 Å². The van der Waals surface area contributed by atoms with Crippen molar-refractivity contribution in [3.63, 3.8) is 0 Å². The molecule has 0 N–H and O–H groups in total. The fraction of sp³-hybridized carbons (Fsp3) is 0.333. The van der Waals surface area contributed by atoms with Crippen LogP contribution >= 0.6 is 0 Å². The summed E-state index contributed by atoms with van der Waals surface area (Å²) >= 11 is 0. The van der Waals surface area contributed by atoms with E-state index in [9.17, 15) is 13.2 Å². The van der Waals surface area contributed by atoms with Gasteiger partial charge in [-0.25, -0.2) is 13.2 Å². The molecule has 0 nitrogen and oxygen atoms in total. The SMILES string of the molecule is CC1=C(F)CC(F)=CC=C1.CCC.Cc1cccc(F)c1. The smallest absolute Gasteiger partial charge is 0.123 e. The largest absolute Gasteiger partial charge is 0.211 e. The minimum absolute atomic E-state index is 0.162. The Morgan fingerprint density at radius 1 is 1.05 bits per heavy atom. The fourth-order valence-electron chi connectivity index (χ4n) is 1.34. The highest BCUT2D eigenvalue weighted by Crippen LogP contribution is 2.20. The van der Waals surface area contributed by atoms with Gasteiger partial charge in [0.15, 0.2) is 0 Å². The first-order valence-corrected chi connectivity index (χ1v) is 7.00. The summed E-state index contributed by atoms with van der Waals surface area (Å²) in [5.41, 5.74) is 1.47. The second kappa shape index (κ2) is 11.0. The van der Waals surface area contributed by atoms with Gasteiger partial charge in [-0.2, -0.15) is 0 Å². The zero-order valence-corrected chi connectivity index (χ0v) is 13.1. The van der Waals surface area contributed by atoms with Gasteiger partial charge in [-0.1, -0.05) is 44.6 Å². The second-order valence-corrected chi connectivity index (χ2v) is 4.74. The van der Waals surface area contributed by atoms with Crippen molar-refractivity contribution in [3.8, 4) is 0 Å². The van der Waals surface area contributed by atoms with Gasteiger partial charge >= 0.3 is 0 Å². The van der Waals surface area contributed by atoms with Crippen molar-refractivity contribution in [1.29, 1.82) is 0 Å². The molecule has 0 atom stereocenters. The number of halogens is 3. The van der Waals surface area contributed by atoms with E-state index in [0.717, 1.165) is 5.56 Å². The molecule has 1 aliphatic rings. The number of aryl methyl sites for hydroxylation is 1. The van der Waals surface area contributed by atoms with Crippen molar-refractivity contribution < 1.29 is 13.2 Å². The Bertz CT molecular complexity index is 494. The molecule has 3 heteroatoms. The molecule has 0 amide bonds. The van der Waals surface area contributed by atoms with Crippen molar-refractivity contribution in [2.45, 2.75) is 40.5 Å². The Morgan fingerprint density at radius 2 is 1.67 bits per heavy atom. The third kappa shape index (κ3) is 9.72. The summed E-state index contributed by atoms with van der Waals surface area (Å²) in [6, 6.07) is 6.50. The molecule has 0 bridgehead atoms. The highest BCUT2D eigenvalue weighted by Gasteiger charge is 2.04. The minimum Gasteiger partial charge on any atom is -0.211 e. The molecule has 21 heavy (non-hydrogen) atoms. The second-order valence-electron chi connectivity index (χ2n) is 4.74. The summed E-state index contributed by atoms with van der Waals surface area (Å²) in [6.45, 7) is 7.74. The van der Waals surface area contributed by atoms with Gasteiger partial charge in [0, 0.05) is 0 Å². The van der Waals surface area contributed by atoms with E-state index in [0.29, 0.717) is 5.57 Å². The van der Waals surface area contributed by atoms with Gasteiger partial charge in [0.2, 0.25) is 0 Å². The van der Waals surface area contributed by atoms with Crippen molar-refractivity contribution in [3.05, 3.63) is 71.1 Å². The summed E-state index contributed by atoms with van der Waals surface area (Å²) in [6.07, 6.45) is 5.40. The summed E-state index contributed by atoms with van der Waals surface area (Å²) < 4.78 is 37.2. The lowest BCUT2D eigenvalue weighted by atomic mass is 10.2. The molecule has 1 aliphatic carbocycles. The zero-order valence-electron chi connectivity index (χ0n) is 13.1. The van der Waals surface area contributed by atoms with Crippen LogP contribution in [-0.4, -0.2) is 0 Å². The van der Waals surface area contributed by atoms with Crippen LogP contribution in [0.1, 0.15) is 39.2 Å². The number of rotatable bonds is 0. The average Bonchev–Trinajstić information content (AvgIpc) is 2.52. The van der Waals surface area contributed by atoms with E-state index in [4.69, 9.17) is 0 Å². The molecule has 0 fully saturated rings. The number of hydrogen-bond donors (Lipinski definition) is 0. The quantitative estimate of drug-likeness (QED) is 0.506. The predicted molar refractivity (Wildman–Crippen MR) is 83.9 cm³/mol. The molecule has 0 heterocycles. The van der Waals surface area contributed by atoms with E-state index in [2.05, 4.69) is 13.8 Å². The molecule has 2 rings (SSSR count). The molecule has 0 aliphatic heterocycles. The topological polar surface area (TPSA) is 0 Å². The molecule has 0 spiro atoms. The third-order valence-corrected chi connectivity index (χ3v) is 2.36. The van der Waals surface area contributed by atoms with Crippen molar-refractivity contribution in [1.82, 2.24) is 0 Å². The first kappa shape index (κ1) is 19.2. The number of benzene rings is 1. The van der Waals surface area contributed by atoms with E-state index in [-0.39, 0.29) is 18.1 Å². The molecule has 0 saturated carbocycles. The Kier molecular flexibility index (Phi) is 10.0. The average molecular weight is 296 g/mol. The Morgan fingerprint density at radius 3 is 2.14 bits per heavy atom. The van der Waals surface area contributed by atoms with Gasteiger partial charge < -0.3 is 0 Å². The Hall–Kier alpha value is -1.77. The third-order valence-electron chi connectivity index (χ3n) is 2.36. The zero-order chi connectivity index (χ0) is 16.3. The summed E-state index contributed by atoms with van der Waals surface area (Å²) in [4.78, 5) is 0. The normalized spacial score (nSPS) is 13.4. The highest BCUT2D eigenvalue weighted by atomic mass is 19.1. The molecular weight excluding hydrogens is 273 g/mol. The van der Waals surface area contributed by atoms with Gasteiger partial charge in [0.25, 0.3) is 0 Å². The molecule has 0 saturated heterocycles. The van der Waals surface area contributed by atoms with Gasteiger partial charge in [-0.15, -0.1) is 0 Å². The Balaban J connectivity index is 0.000000327. The van der Waals surface area contributed by atoms with Crippen LogP contribution in [0.25, 0.3) is 0 Å². The van der Waals surface area contributed by atoms with E-state index in [1.807, 2.05) is 13.0 Å². The first-order chi connectivity index (χ1) is 9.90. The van der Waals surface area contributed by atoms with Crippen molar-refractivity contribution in [2.75, 3.05) is 0 Å². The van der Waals surface area contributed by atoms with E-state index < -0.39 is 5.83 Å². The van der Waals surface area contributed by atoms with Crippen LogP contribution in [0.5, 0.6) is 0 Å². The first-order valence-electron chi connectivity index (χ1n) is 7.00. The van der Waals surface area contributed by atoms with E-state index in [1.54, 1.807) is 19.1 Å². The monoisotopic (exact) mass is 296 g/mol. The maximum Gasteiger partial charge on any atom is 0.123 e. The van der Waals surface area contributed by atoms with E-state index in [1.165, 1.54) is 30.7 Å². The lowest BCUT2D eigenvalue weighted by molar-refractivity contribution is 0.538. The molecule has 0 unspecified atom stereocenters. The maximum absolute atomic E-state index is 12.6. The van der Waals surface area contributed by atoms with Gasteiger partial charge in [0.05, 0.1) is 6.42 Å². The van der Waals surface area contributed by atoms with Crippen LogP contribution in [0.15, 0.2) is 59.7 Å². The summed E-state index contributed by atoms with van der Waals surface area (Å²) in [5.74, 6) is -0.974. The summed E-state index contributed by atoms with van der Waals surface area (Å²) in [5, 5.41) is 0. The van der Waals surface area contributed by atoms with Crippen molar-refractivity contribution >= 4 is 0 Å². The number of allylic oxidation sites excluding steroid dienone is 6. The van der Waals surface area contributed by atoms with Crippen LogP contribution in [-0.2, 0) is 0 Å². The number of hydrogen-bond acceptors (Lipinski definition) is 0. The lowest BCUT2D eigenvalue weighted by Crippen LogP contribution is -1.77. The van der Waals surface area contributed by atoms with Crippen LogP contribution < -0.4 is 0 Å². The van der Waals surface area contributed by atoms with Gasteiger partial charge in [0.1, 0.15) is 17.5 Å². The van der Waals surface area contributed by atoms with Crippen LogP contribution in [0.3, 0.4) is 0 Å². The van der Waals surface area contributed by atoms with Crippen LogP contribution in [0.4, 0.5) is 13.2 Å². The van der Waals surface area contributed by atoms with Crippen molar-refractivity contribution in [2.24, 2.45) is 0 Å². The molecule has 0 aromatic heterocycles.